The van der Waals surface area contributed by atoms with E-state index in [1.807, 2.05) is 36.5 Å². The third kappa shape index (κ3) is 3.72. The first-order valence-corrected chi connectivity index (χ1v) is 8.76. The van der Waals surface area contributed by atoms with Gasteiger partial charge in [-0.1, -0.05) is 31.1 Å². The number of aryl methyl sites for hydroxylation is 1. The molecule has 1 aliphatic rings. The summed E-state index contributed by atoms with van der Waals surface area (Å²) in [5.74, 6) is 7.42. The number of hydrogen-bond donors (Lipinski definition) is 0. The summed E-state index contributed by atoms with van der Waals surface area (Å²) in [7, 11) is 0. The second-order valence-electron chi connectivity index (χ2n) is 5.72. The van der Waals surface area contributed by atoms with Gasteiger partial charge in [0, 0.05) is 10.4 Å². The van der Waals surface area contributed by atoms with Gasteiger partial charge in [0.1, 0.15) is 0 Å². The van der Waals surface area contributed by atoms with E-state index in [0.29, 0.717) is 0 Å². The summed E-state index contributed by atoms with van der Waals surface area (Å²) in [6.45, 7) is 2.01. The Morgan fingerprint density at radius 3 is 2.77 bits per heavy atom. The average Bonchev–Trinajstić information content (AvgIpc) is 2.91. The van der Waals surface area contributed by atoms with Gasteiger partial charge in [-0.2, -0.15) is 4.99 Å². The Morgan fingerprint density at radius 2 is 2.09 bits per heavy atom. The van der Waals surface area contributed by atoms with E-state index in [9.17, 15) is 0 Å². The minimum absolute atomic E-state index is 0.861. The molecule has 0 amide bonds. The van der Waals surface area contributed by atoms with Crippen molar-refractivity contribution >= 4 is 34.4 Å². The Bertz CT molecular complexity index is 781. The maximum absolute atomic E-state index is 4.64. The lowest BCUT2D eigenvalue weighted by molar-refractivity contribution is 0.316. The number of rotatable bonds is 3. The average molecular weight is 323 g/mol. The Labute approximate surface area is 141 Å². The molecule has 1 aliphatic carbocycles. The summed E-state index contributed by atoms with van der Waals surface area (Å²) >= 11 is 6.47. The minimum Gasteiger partial charge on any atom is -0.194 e. The van der Waals surface area contributed by atoms with Crippen LogP contribution in [0.1, 0.15) is 40.1 Å². The lowest BCUT2D eigenvalue weighted by atomic mass is 9.83. The first-order chi connectivity index (χ1) is 10.7. The molecule has 110 valence electrons. The van der Waals surface area contributed by atoms with Crippen LogP contribution in [0.25, 0.3) is 0 Å². The molecule has 1 aromatic heterocycles. The monoisotopic (exact) mass is 323 g/mol. The third-order valence-corrected chi connectivity index (χ3v) is 5.18. The molecule has 22 heavy (non-hydrogen) atoms. The molecule has 0 bridgehead atoms. The van der Waals surface area contributed by atoms with E-state index < -0.39 is 0 Å². The maximum Gasteiger partial charge on any atom is 0.0775 e. The number of nitrogens with zero attached hydrogens (tertiary/aromatic N) is 1. The largest absolute Gasteiger partial charge is 0.194 e. The molecule has 1 heterocycles. The molecule has 1 saturated carbocycles. The van der Waals surface area contributed by atoms with Gasteiger partial charge >= 0.3 is 0 Å². The predicted octanol–water partition coefficient (Wildman–Crippen LogP) is 5.53. The van der Waals surface area contributed by atoms with Crippen LogP contribution in [0.5, 0.6) is 0 Å². The molecule has 0 aliphatic heterocycles. The first kappa shape index (κ1) is 15.2. The van der Waals surface area contributed by atoms with Gasteiger partial charge in [0.25, 0.3) is 0 Å². The van der Waals surface area contributed by atoms with Gasteiger partial charge in [0.05, 0.1) is 15.7 Å². The van der Waals surface area contributed by atoms with Gasteiger partial charge in [-0.15, -0.1) is 11.3 Å². The molecular weight excluding hydrogens is 306 g/mol. The number of aliphatic imine (C=N–C) groups is 1. The third-order valence-electron chi connectivity index (χ3n) is 4.07. The fraction of sp³-hybridized carbons (Fsp3) is 0.316. The van der Waals surface area contributed by atoms with Crippen LogP contribution in [-0.4, -0.2) is 5.16 Å². The van der Waals surface area contributed by atoms with Crippen molar-refractivity contribution in [1.29, 1.82) is 0 Å². The van der Waals surface area contributed by atoms with Gasteiger partial charge in [0.15, 0.2) is 0 Å². The molecule has 3 rings (SSSR count). The van der Waals surface area contributed by atoms with Crippen LogP contribution in [0, 0.1) is 24.7 Å². The van der Waals surface area contributed by atoms with Crippen LogP contribution in [0.2, 0.25) is 0 Å². The maximum atomic E-state index is 4.64. The smallest absolute Gasteiger partial charge is 0.0775 e. The van der Waals surface area contributed by atoms with E-state index in [4.69, 9.17) is 0 Å². The van der Waals surface area contributed by atoms with E-state index >= 15 is 0 Å². The zero-order chi connectivity index (χ0) is 15.4. The Balaban J connectivity index is 1.72. The predicted molar refractivity (Wildman–Crippen MR) is 97.2 cm³/mol. The second kappa shape index (κ2) is 7.03. The van der Waals surface area contributed by atoms with E-state index in [0.717, 1.165) is 27.6 Å². The molecule has 0 spiro atoms. The minimum atomic E-state index is 0.861. The van der Waals surface area contributed by atoms with Crippen LogP contribution in [0.4, 0.5) is 5.69 Å². The quantitative estimate of drug-likeness (QED) is 0.411. The lowest BCUT2D eigenvalue weighted by Gasteiger charge is -2.24. The molecule has 0 unspecified atom stereocenters. The topological polar surface area (TPSA) is 12.4 Å². The van der Waals surface area contributed by atoms with Crippen molar-refractivity contribution in [2.45, 2.75) is 32.6 Å². The van der Waals surface area contributed by atoms with Gasteiger partial charge in [-0.3, -0.25) is 0 Å². The fourth-order valence-corrected chi connectivity index (χ4v) is 3.65. The molecule has 1 aromatic carbocycles. The molecule has 0 atom stereocenters. The number of isothiocyanates is 1. The van der Waals surface area contributed by atoms with Crippen molar-refractivity contribution < 1.29 is 0 Å². The Kier molecular flexibility index (Phi) is 4.85. The lowest BCUT2D eigenvalue weighted by Crippen LogP contribution is -2.12. The van der Waals surface area contributed by atoms with Crippen LogP contribution in [-0.2, 0) is 6.42 Å². The SMILES string of the molecule is Cc1cc(C#Cc2ccc(CC3CCC3)s2)ccc1N=C=S. The molecular formula is C19H17NS2. The summed E-state index contributed by atoms with van der Waals surface area (Å²) in [6.07, 6.45) is 5.44. The van der Waals surface area contributed by atoms with Crippen molar-refractivity contribution in [1.82, 2.24) is 0 Å². The second-order valence-corrected chi connectivity index (χ2v) is 7.07. The fourth-order valence-electron chi connectivity index (χ4n) is 2.58. The molecule has 2 aromatic rings. The zero-order valence-electron chi connectivity index (χ0n) is 12.6. The zero-order valence-corrected chi connectivity index (χ0v) is 14.2. The highest BCUT2D eigenvalue weighted by atomic mass is 32.1. The number of hydrogen-bond acceptors (Lipinski definition) is 3. The highest BCUT2D eigenvalue weighted by Crippen LogP contribution is 2.31. The molecule has 0 N–H and O–H groups in total. The molecule has 1 nitrogen and oxygen atoms in total. The molecule has 1 fully saturated rings. The van der Waals surface area contributed by atoms with Gasteiger partial charge in [-0.25, -0.2) is 0 Å². The summed E-state index contributed by atoms with van der Waals surface area (Å²) in [6, 6.07) is 10.3. The number of thiocarbonyl (C=S) groups is 1. The standard InChI is InChI=1S/C19H17NS2/c1-14-11-16(6-10-19(14)20-13-21)5-7-17-8-9-18(22-17)12-15-3-2-4-15/h6,8-11,15H,2-4,12H2,1H3. The number of benzene rings is 1. The van der Waals surface area contributed by atoms with E-state index in [2.05, 4.69) is 46.3 Å². The van der Waals surface area contributed by atoms with Gasteiger partial charge in [0.2, 0.25) is 0 Å². The van der Waals surface area contributed by atoms with Gasteiger partial charge in [-0.05, 0) is 67.4 Å². The summed E-state index contributed by atoms with van der Waals surface area (Å²) < 4.78 is 0. The van der Waals surface area contributed by atoms with Gasteiger partial charge < -0.3 is 0 Å². The van der Waals surface area contributed by atoms with Crippen molar-refractivity contribution in [2.75, 3.05) is 0 Å². The van der Waals surface area contributed by atoms with Crippen molar-refractivity contribution in [2.24, 2.45) is 10.9 Å². The highest BCUT2D eigenvalue weighted by molar-refractivity contribution is 7.78. The van der Waals surface area contributed by atoms with Crippen molar-refractivity contribution in [3.05, 3.63) is 51.2 Å². The summed E-state index contributed by atoms with van der Waals surface area (Å²) in [5, 5.41) is 2.40. The molecule has 3 heteroatoms. The Morgan fingerprint density at radius 1 is 1.23 bits per heavy atom. The van der Waals surface area contributed by atoms with E-state index in [1.165, 1.54) is 30.6 Å². The first-order valence-electron chi connectivity index (χ1n) is 7.54. The summed E-state index contributed by atoms with van der Waals surface area (Å²) in [5.41, 5.74) is 2.94. The van der Waals surface area contributed by atoms with Crippen LogP contribution >= 0.6 is 23.6 Å². The van der Waals surface area contributed by atoms with Crippen LogP contribution < -0.4 is 0 Å². The van der Waals surface area contributed by atoms with E-state index in [-0.39, 0.29) is 0 Å². The van der Waals surface area contributed by atoms with Crippen molar-refractivity contribution in [3.8, 4) is 11.8 Å². The molecule has 0 saturated heterocycles. The van der Waals surface area contributed by atoms with Crippen LogP contribution in [0.3, 0.4) is 0 Å². The van der Waals surface area contributed by atoms with Crippen molar-refractivity contribution in [3.63, 3.8) is 0 Å². The Hall–Kier alpha value is -1.72. The molecule has 0 radical (unpaired) electrons. The van der Waals surface area contributed by atoms with Crippen LogP contribution in [0.15, 0.2) is 35.3 Å². The highest BCUT2D eigenvalue weighted by Gasteiger charge is 2.18. The summed E-state index contributed by atoms with van der Waals surface area (Å²) in [4.78, 5) is 6.64. The number of thiophene rings is 1. The normalized spacial score (nSPS) is 13.7. The van der Waals surface area contributed by atoms with E-state index in [1.54, 1.807) is 0 Å².